The van der Waals surface area contributed by atoms with Crippen LogP contribution in [0.25, 0.3) is 0 Å². The second-order valence-corrected chi connectivity index (χ2v) is 18.7. The minimum absolute atomic E-state index is 0.0243. The monoisotopic (exact) mass is 764 g/mol. The van der Waals surface area contributed by atoms with Crippen LogP contribution in [0.2, 0.25) is 0 Å². The highest BCUT2D eigenvalue weighted by Crippen LogP contribution is 2.70. The third kappa shape index (κ3) is 6.82. The molecule has 5 N–H and O–H groups in total. The molecule has 3 saturated heterocycles. The lowest BCUT2D eigenvalue weighted by molar-refractivity contribution is -0.336. The lowest BCUT2D eigenvalue weighted by Gasteiger charge is -2.64. The Morgan fingerprint density at radius 1 is 0.685 bits per heavy atom. The summed E-state index contributed by atoms with van der Waals surface area (Å²) in [5.41, 5.74) is 0.215. The van der Waals surface area contributed by atoms with Crippen molar-refractivity contribution < 1.29 is 63.5 Å². The highest BCUT2D eigenvalue weighted by molar-refractivity contribution is 5.85. The van der Waals surface area contributed by atoms with Crippen LogP contribution >= 0.6 is 0 Å². The largest absolute Gasteiger partial charge is 0.458 e. The maximum atomic E-state index is 12.6. The standard InChI is InChI=1S/C41H64O13/c1-20-36(46)29(42)16-34(49-20)53-38-22(3)51-35(18-31(38)44)54-37-21(2)50-33(17-30(37)43)52-25-8-11-39(4)24(15-25)6-7-28-27(39)9-12-40(5)26(10-13-41(28,40)47)23-14-32(45)48-19-23/h14,20-22,24-31,33-38,42-44,46-47H,6-13,15-19H2,1-5H3/t20?,21?,22?,24?,25?,26?,27-,28+,29?,30?,31?,33?,34?,35?,36?,37?,38?,39?,40?,41?/m0/s1. The molecule has 8 aliphatic rings. The lowest BCUT2D eigenvalue weighted by atomic mass is 9.43. The topological polar surface area (TPSA) is 183 Å². The van der Waals surface area contributed by atoms with E-state index in [9.17, 15) is 30.3 Å². The zero-order valence-corrected chi connectivity index (χ0v) is 32.6. The van der Waals surface area contributed by atoms with Gasteiger partial charge in [0.2, 0.25) is 0 Å². The SMILES string of the molecule is CC1OC(OC2C(O)CC(OC3C(O)CC(OC4CCC5(C)C(CC[C@@H]6[C@@H]5CCC5(C)C(C7=CC(=O)OC7)CCC65O)C4)OC3C)OC2C)CC(O)C1O. The fourth-order valence-electron chi connectivity index (χ4n) is 12.8. The van der Waals surface area contributed by atoms with Gasteiger partial charge in [-0.15, -0.1) is 0 Å². The molecular weight excluding hydrogens is 700 g/mol. The van der Waals surface area contributed by atoms with Crippen LogP contribution in [0.4, 0.5) is 0 Å². The van der Waals surface area contributed by atoms with Gasteiger partial charge in [0.15, 0.2) is 18.9 Å². The van der Waals surface area contributed by atoms with Crippen LogP contribution in [0.3, 0.4) is 0 Å². The first-order chi connectivity index (χ1) is 25.6. The van der Waals surface area contributed by atoms with Crippen LogP contribution in [-0.2, 0) is 38.0 Å². The Kier molecular flexibility index (Phi) is 10.9. The van der Waals surface area contributed by atoms with E-state index in [1.54, 1.807) is 19.9 Å². The first-order valence-electron chi connectivity index (χ1n) is 20.8. The van der Waals surface area contributed by atoms with E-state index in [-0.39, 0.29) is 54.0 Å². The average Bonchev–Trinajstić information content (AvgIpc) is 3.66. The summed E-state index contributed by atoms with van der Waals surface area (Å²) in [7, 11) is 0. The Morgan fingerprint density at radius 3 is 1.89 bits per heavy atom. The molecule has 4 heterocycles. The minimum atomic E-state index is -0.996. The molecule has 7 fully saturated rings. The zero-order valence-electron chi connectivity index (χ0n) is 32.6. The maximum absolute atomic E-state index is 12.6. The van der Waals surface area contributed by atoms with Gasteiger partial charge < -0.3 is 58.7 Å². The molecule has 20 atom stereocenters. The van der Waals surface area contributed by atoms with Crippen molar-refractivity contribution in [2.45, 2.75) is 197 Å². The van der Waals surface area contributed by atoms with Crippen molar-refractivity contribution in [1.29, 1.82) is 0 Å². The molecule has 0 aromatic rings. The van der Waals surface area contributed by atoms with Gasteiger partial charge in [-0.1, -0.05) is 13.8 Å². The first kappa shape index (κ1) is 39.6. The van der Waals surface area contributed by atoms with Crippen LogP contribution in [0.5, 0.6) is 0 Å². The van der Waals surface area contributed by atoms with Gasteiger partial charge >= 0.3 is 5.97 Å². The normalized spacial score (nSPS) is 55.0. The number of esters is 1. The van der Waals surface area contributed by atoms with E-state index in [2.05, 4.69) is 13.8 Å². The summed E-state index contributed by atoms with van der Waals surface area (Å²) in [6.45, 7) is 10.4. The number of ether oxygens (including phenoxy) is 7. The van der Waals surface area contributed by atoms with Crippen molar-refractivity contribution in [3.8, 4) is 0 Å². The molecule has 4 aliphatic carbocycles. The Hall–Kier alpha value is -1.23. The molecule has 54 heavy (non-hydrogen) atoms. The highest BCUT2D eigenvalue weighted by Gasteiger charge is 2.68. The average molecular weight is 765 g/mol. The molecule has 0 aromatic carbocycles. The molecular formula is C41H64O13. The van der Waals surface area contributed by atoms with Crippen molar-refractivity contribution in [3.05, 3.63) is 11.6 Å². The number of hydrogen-bond donors (Lipinski definition) is 5. The Labute approximate surface area is 319 Å². The van der Waals surface area contributed by atoms with Crippen LogP contribution < -0.4 is 0 Å². The van der Waals surface area contributed by atoms with Crippen molar-refractivity contribution >= 4 is 5.97 Å². The Bertz CT molecular complexity index is 1370. The molecule has 0 radical (unpaired) electrons. The number of cyclic esters (lactones) is 1. The smallest absolute Gasteiger partial charge is 0.331 e. The summed E-state index contributed by atoms with van der Waals surface area (Å²) < 4.78 is 42.2. The zero-order chi connectivity index (χ0) is 38.3. The summed E-state index contributed by atoms with van der Waals surface area (Å²) >= 11 is 0. The van der Waals surface area contributed by atoms with Crippen molar-refractivity contribution in [1.82, 2.24) is 0 Å². The number of aliphatic hydroxyl groups excluding tert-OH is 4. The molecule has 4 aliphatic heterocycles. The van der Waals surface area contributed by atoms with Crippen LogP contribution in [0.15, 0.2) is 11.6 Å². The van der Waals surface area contributed by atoms with Gasteiger partial charge in [0.1, 0.15) is 24.9 Å². The van der Waals surface area contributed by atoms with E-state index >= 15 is 0 Å². The third-order valence-electron chi connectivity index (χ3n) is 15.9. The number of aliphatic hydroxyl groups is 5. The number of fused-ring (bicyclic) bond motifs is 5. The predicted octanol–water partition coefficient (Wildman–Crippen LogP) is 3.25. The quantitative estimate of drug-likeness (QED) is 0.188. The molecule has 0 bridgehead atoms. The van der Waals surface area contributed by atoms with E-state index in [4.69, 9.17) is 33.2 Å². The molecule has 18 unspecified atom stereocenters. The fourth-order valence-corrected chi connectivity index (χ4v) is 12.8. The Balaban J connectivity index is 0.826. The molecule has 13 heteroatoms. The lowest BCUT2D eigenvalue weighted by Crippen LogP contribution is -2.62. The van der Waals surface area contributed by atoms with Gasteiger partial charge in [-0.25, -0.2) is 4.79 Å². The minimum Gasteiger partial charge on any atom is -0.458 e. The fraction of sp³-hybridized carbons (Fsp3) is 0.927. The van der Waals surface area contributed by atoms with E-state index in [0.717, 1.165) is 63.4 Å². The molecule has 4 saturated carbocycles. The van der Waals surface area contributed by atoms with Gasteiger partial charge in [-0.05, 0) is 113 Å². The molecule has 8 rings (SSSR count). The second kappa shape index (κ2) is 14.9. The number of hydrogen-bond acceptors (Lipinski definition) is 13. The third-order valence-corrected chi connectivity index (χ3v) is 15.9. The van der Waals surface area contributed by atoms with Crippen molar-refractivity contribution in [3.63, 3.8) is 0 Å². The second-order valence-electron chi connectivity index (χ2n) is 18.7. The summed E-state index contributed by atoms with van der Waals surface area (Å²) in [5.74, 6) is 1.13. The number of rotatable bonds is 7. The summed E-state index contributed by atoms with van der Waals surface area (Å²) in [6, 6.07) is 0. The maximum Gasteiger partial charge on any atom is 0.331 e. The van der Waals surface area contributed by atoms with Crippen LogP contribution in [0.1, 0.15) is 112 Å². The van der Waals surface area contributed by atoms with E-state index < -0.39 is 79.4 Å². The predicted molar refractivity (Wildman–Crippen MR) is 191 cm³/mol. The van der Waals surface area contributed by atoms with Gasteiger partial charge in [0.05, 0.1) is 48.3 Å². The summed E-state index contributed by atoms with van der Waals surface area (Å²) in [5, 5.41) is 55.0. The summed E-state index contributed by atoms with van der Waals surface area (Å²) in [6.07, 6.45) is 1.90. The van der Waals surface area contributed by atoms with E-state index in [1.165, 1.54) is 0 Å². The van der Waals surface area contributed by atoms with Crippen molar-refractivity contribution in [2.24, 2.45) is 34.5 Å². The molecule has 0 spiro atoms. The molecule has 0 amide bonds. The van der Waals surface area contributed by atoms with Gasteiger partial charge in [0, 0.05) is 30.8 Å². The van der Waals surface area contributed by atoms with Gasteiger partial charge in [-0.3, -0.25) is 0 Å². The van der Waals surface area contributed by atoms with Crippen molar-refractivity contribution in [2.75, 3.05) is 6.61 Å². The van der Waals surface area contributed by atoms with Crippen LogP contribution in [-0.4, -0.2) is 124 Å². The van der Waals surface area contributed by atoms with Gasteiger partial charge in [-0.2, -0.15) is 0 Å². The van der Waals surface area contributed by atoms with Crippen LogP contribution in [0, 0.1) is 34.5 Å². The van der Waals surface area contributed by atoms with E-state index in [1.807, 2.05) is 6.92 Å². The highest BCUT2D eigenvalue weighted by atomic mass is 16.7. The molecule has 13 nitrogen and oxygen atoms in total. The number of carbonyl (C=O) groups excluding carboxylic acids is 1. The van der Waals surface area contributed by atoms with E-state index in [0.29, 0.717) is 18.4 Å². The number of carbonyl (C=O) groups is 1. The Morgan fingerprint density at radius 2 is 1.30 bits per heavy atom. The molecule has 306 valence electrons. The summed E-state index contributed by atoms with van der Waals surface area (Å²) in [4.78, 5) is 11.9. The van der Waals surface area contributed by atoms with Gasteiger partial charge in [0.25, 0.3) is 0 Å². The molecule has 0 aromatic heterocycles. The first-order valence-corrected chi connectivity index (χ1v) is 20.8.